The van der Waals surface area contributed by atoms with Crippen LogP contribution in [0.1, 0.15) is 28.8 Å². The molecule has 1 amide bonds. The Hall–Kier alpha value is -2.11. The maximum Gasteiger partial charge on any atom is 0.259 e. The lowest BCUT2D eigenvalue weighted by molar-refractivity contribution is -0.605. The Balaban J connectivity index is 1.79. The molecule has 0 aliphatic carbocycles. The van der Waals surface area contributed by atoms with E-state index in [0.29, 0.717) is 34.8 Å². The molecule has 1 aliphatic rings. The summed E-state index contributed by atoms with van der Waals surface area (Å²) in [4.78, 5) is 14.5. The van der Waals surface area contributed by atoms with Gasteiger partial charge in [0.2, 0.25) is 0 Å². The average Bonchev–Trinajstić information content (AvgIpc) is 2.61. The van der Waals surface area contributed by atoms with Crippen LogP contribution < -0.4 is 4.73 Å². The molecule has 3 rings (SSSR count). The molecule has 1 saturated heterocycles. The maximum absolute atomic E-state index is 12.7. The quantitative estimate of drug-likeness (QED) is 0.672. The van der Waals surface area contributed by atoms with Gasteiger partial charge in [0.25, 0.3) is 5.91 Å². The van der Waals surface area contributed by atoms with Gasteiger partial charge in [-0.2, -0.15) is 4.73 Å². The molecule has 0 radical (unpaired) electrons. The molecule has 1 aliphatic heterocycles. The van der Waals surface area contributed by atoms with Crippen molar-refractivity contribution in [2.24, 2.45) is 5.41 Å². The van der Waals surface area contributed by atoms with E-state index < -0.39 is 0 Å². The fraction of sp³-hybridized carbons (Fsp3) is 0.368. The minimum absolute atomic E-state index is 0.000359. The van der Waals surface area contributed by atoms with E-state index in [1.54, 1.807) is 17.0 Å². The van der Waals surface area contributed by atoms with Crippen LogP contribution in [0.25, 0.3) is 0 Å². The predicted octanol–water partition coefficient (Wildman–Crippen LogP) is 2.43. The van der Waals surface area contributed by atoms with Crippen LogP contribution in [0.4, 0.5) is 0 Å². The van der Waals surface area contributed by atoms with Crippen LogP contribution in [0.5, 0.6) is 0 Å². The number of amides is 1. The SMILES string of the molecule is O=C(c1ccc[n+]([O-])c1)N1CCC[C@@](CO)(Cc2cccc(Cl)c2)C1. The van der Waals surface area contributed by atoms with Gasteiger partial charge in [-0.05, 0) is 43.0 Å². The third-order valence-corrected chi connectivity index (χ3v) is 5.01. The Morgan fingerprint density at radius 2 is 2.20 bits per heavy atom. The summed E-state index contributed by atoms with van der Waals surface area (Å²) in [6.45, 7) is 1.09. The minimum Gasteiger partial charge on any atom is -0.619 e. The first-order valence-electron chi connectivity index (χ1n) is 8.35. The van der Waals surface area contributed by atoms with E-state index in [1.165, 1.54) is 12.4 Å². The third kappa shape index (κ3) is 4.11. The van der Waals surface area contributed by atoms with Gasteiger partial charge in [0, 0.05) is 29.6 Å². The van der Waals surface area contributed by atoms with Crippen molar-refractivity contribution in [1.82, 2.24) is 4.90 Å². The third-order valence-electron chi connectivity index (χ3n) is 4.77. The maximum atomic E-state index is 12.7. The first-order valence-corrected chi connectivity index (χ1v) is 8.73. The van der Waals surface area contributed by atoms with Gasteiger partial charge in [-0.3, -0.25) is 4.79 Å². The zero-order valence-electron chi connectivity index (χ0n) is 13.9. The van der Waals surface area contributed by atoms with Crippen molar-refractivity contribution in [3.8, 4) is 0 Å². The van der Waals surface area contributed by atoms with E-state index in [0.717, 1.165) is 18.4 Å². The second kappa shape index (κ2) is 7.42. The Bertz CT molecular complexity index is 768. The second-order valence-electron chi connectivity index (χ2n) is 6.75. The summed E-state index contributed by atoms with van der Waals surface area (Å²) < 4.78 is 0.627. The summed E-state index contributed by atoms with van der Waals surface area (Å²) in [5, 5.41) is 22.2. The van der Waals surface area contributed by atoms with Gasteiger partial charge in [-0.25, -0.2) is 0 Å². The number of hydrogen-bond acceptors (Lipinski definition) is 3. The van der Waals surface area contributed by atoms with Gasteiger partial charge in [-0.15, -0.1) is 0 Å². The van der Waals surface area contributed by atoms with Crippen LogP contribution >= 0.6 is 11.6 Å². The van der Waals surface area contributed by atoms with Crippen molar-refractivity contribution in [2.45, 2.75) is 19.3 Å². The number of nitrogens with zero attached hydrogens (tertiary/aromatic N) is 2. The van der Waals surface area contributed by atoms with Crippen LogP contribution in [0.15, 0.2) is 48.8 Å². The number of carbonyl (C=O) groups excluding carboxylic acids is 1. The lowest BCUT2D eigenvalue weighted by Gasteiger charge is -2.42. The molecule has 25 heavy (non-hydrogen) atoms. The number of aromatic nitrogens is 1. The molecule has 6 heteroatoms. The number of carbonyl (C=O) groups is 1. The van der Waals surface area contributed by atoms with E-state index in [-0.39, 0.29) is 17.9 Å². The summed E-state index contributed by atoms with van der Waals surface area (Å²) in [6, 6.07) is 10.8. The van der Waals surface area contributed by atoms with E-state index in [2.05, 4.69) is 0 Å². The fourth-order valence-corrected chi connectivity index (χ4v) is 3.77. The number of benzene rings is 1. The molecule has 5 nitrogen and oxygen atoms in total. The molecule has 2 aromatic rings. The minimum atomic E-state index is -0.388. The van der Waals surface area contributed by atoms with Crippen LogP contribution in [0.3, 0.4) is 0 Å². The number of aliphatic hydroxyl groups is 1. The molecule has 1 fully saturated rings. The number of likely N-dealkylation sites (tertiary alicyclic amines) is 1. The van der Waals surface area contributed by atoms with Crippen LogP contribution in [0.2, 0.25) is 5.02 Å². The second-order valence-corrected chi connectivity index (χ2v) is 7.18. The zero-order valence-corrected chi connectivity index (χ0v) is 14.7. The summed E-state index contributed by atoms with van der Waals surface area (Å²) in [5.74, 6) is -0.172. The molecule has 1 aromatic carbocycles. The van der Waals surface area contributed by atoms with Crippen molar-refractivity contribution in [3.63, 3.8) is 0 Å². The lowest BCUT2D eigenvalue weighted by atomic mass is 9.75. The first-order chi connectivity index (χ1) is 12.0. The van der Waals surface area contributed by atoms with E-state index >= 15 is 0 Å². The van der Waals surface area contributed by atoms with Crippen molar-refractivity contribution in [3.05, 3.63) is 70.1 Å². The van der Waals surface area contributed by atoms with Crippen LogP contribution in [0, 0.1) is 10.6 Å². The summed E-state index contributed by atoms with van der Waals surface area (Å²) >= 11 is 6.07. The van der Waals surface area contributed by atoms with Crippen molar-refractivity contribution in [2.75, 3.05) is 19.7 Å². The summed E-state index contributed by atoms with van der Waals surface area (Å²) in [6.07, 6.45) is 4.95. The monoisotopic (exact) mass is 360 g/mol. The van der Waals surface area contributed by atoms with Crippen LogP contribution in [-0.2, 0) is 6.42 Å². The smallest absolute Gasteiger partial charge is 0.259 e. The van der Waals surface area contributed by atoms with Gasteiger partial charge in [0.15, 0.2) is 12.4 Å². The van der Waals surface area contributed by atoms with Crippen molar-refractivity contribution < 1.29 is 14.6 Å². The van der Waals surface area contributed by atoms with E-state index in [9.17, 15) is 15.1 Å². The highest BCUT2D eigenvalue weighted by Crippen LogP contribution is 2.34. The fourth-order valence-electron chi connectivity index (χ4n) is 3.55. The van der Waals surface area contributed by atoms with Crippen molar-refractivity contribution in [1.29, 1.82) is 0 Å². The molecule has 132 valence electrons. The molecule has 0 bridgehead atoms. The highest BCUT2D eigenvalue weighted by atomic mass is 35.5. The number of hydrogen-bond donors (Lipinski definition) is 1. The zero-order chi connectivity index (χ0) is 17.9. The Morgan fingerprint density at radius 3 is 2.92 bits per heavy atom. The largest absolute Gasteiger partial charge is 0.619 e. The van der Waals surface area contributed by atoms with Gasteiger partial charge >= 0.3 is 0 Å². The van der Waals surface area contributed by atoms with Gasteiger partial charge in [0.05, 0.1) is 6.61 Å². The highest BCUT2D eigenvalue weighted by Gasteiger charge is 2.37. The number of pyridine rings is 1. The Labute approximate surface area is 152 Å². The molecule has 2 heterocycles. The molecular weight excluding hydrogens is 340 g/mol. The van der Waals surface area contributed by atoms with Crippen molar-refractivity contribution >= 4 is 17.5 Å². The van der Waals surface area contributed by atoms with Gasteiger partial charge in [0.1, 0.15) is 5.56 Å². The normalized spacial score (nSPS) is 20.5. The molecule has 0 saturated carbocycles. The number of rotatable bonds is 4. The van der Waals surface area contributed by atoms with Gasteiger partial charge < -0.3 is 15.2 Å². The average molecular weight is 361 g/mol. The Morgan fingerprint density at radius 1 is 1.36 bits per heavy atom. The first kappa shape index (κ1) is 17.7. The number of halogens is 1. The van der Waals surface area contributed by atoms with E-state index in [1.807, 2.05) is 24.3 Å². The molecule has 1 N–H and O–H groups in total. The summed E-state index contributed by atoms with van der Waals surface area (Å²) in [7, 11) is 0. The molecule has 1 atom stereocenters. The van der Waals surface area contributed by atoms with Crippen LogP contribution in [-0.4, -0.2) is 35.6 Å². The number of aliphatic hydroxyl groups excluding tert-OH is 1. The molecule has 1 aromatic heterocycles. The van der Waals surface area contributed by atoms with E-state index in [4.69, 9.17) is 11.6 Å². The standard InChI is InChI=1S/C19H21ClN2O3/c20-17-6-1-4-15(10-17)11-19(14-23)7-3-8-21(13-19)18(24)16-5-2-9-22(25)12-16/h1-2,4-6,9-10,12,23H,3,7-8,11,13-14H2/t19-/m1/s1. The number of piperidine rings is 1. The predicted molar refractivity (Wildman–Crippen MR) is 95.2 cm³/mol. The Kier molecular flexibility index (Phi) is 5.25. The summed E-state index contributed by atoms with van der Waals surface area (Å²) in [5.41, 5.74) is 1.03. The van der Waals surface area contributed by atoms with Gasteiger partial charge in [-0.1, -0.05) is 23.7 Å². The highest BCUT2D eigenvalue weighted by molar-refractivity contribution is 6.30. The molecule has 0 unspecified atom stereocenters. The molecular formula is C19H21ClN2O3. The molecule has 0 spiro atoms. The lowest BCUT2D eigenvalue weighted by Crippen LogP contribution is -2.49. The topological polar surface area (TPSA) is 67.5 Å².